The van der Waals surface area contributed by atoms with Crippen LogP contribution >= 0.6 is 0 Å². The zero-order valence-electron chi connectivity index (χ0n) is 23.5. The smallest absolute Gasteiger partial charge is 0.238 e. The molecule has 1 aliphatic heterocycles. The van der Waals surface area contributed by atoms with Crippen molar-refractivity contribution in [1.29, 1.82) is 0 Å². The maximum atomic E-state index is 12.5. The average Bonchev–Trinajstić information content (AvgIpc) is 3.47. The lowest BCUT2D eigenvalue weighted by Gasteiger charge is -2.25. The number of epoxide rings is 1. The highest BCUT2D eigenvalue weighted by molar-refractivity contribution is 5.40. The molecule has 0 amide bonds. The van der Waals surface area contributed by atoms with Gasteiger partial charge in [-0.3, -0.25) is 4.79 Å². The normalized spacial score (nSPS) is 22.9. The fourth-order valence-corrected chi connectivity index (χ4v) is 5.25. The monoisotopic (exact) mass is 487 g/mol. The number of nitrogens with one attached hydrogen (secondary N) is 1. The molecule has 0 radical (unpaired) electrons. The zero-order chi connectivity index (χ0) is 26.5. The standard InChI is InChI=1S/C29H45NO5/c1-17(2)26-29(8,35-26)27(33-10)21(6)16-20(5)15-19(4)14-18(3)12-13-23-22(7)24(31)25(32-9)28(30-23)34-11/h12,15-17,21,26-27H,13-14H2,1-11H3,(H,30,31)/b18-12+,19-15+,20-16+/t21-,26?,27-,29?/m1/s1. The van der Waals surface area contributed by atoms with Gasteiger partial charge in [-0.15, -0.1) is 0 Å². The van der Waals surface area contributed by atoms with Crippen LogP contribution in [-0.4, -0.2) is 44.1 Å². The maximum Gasteiger partial charge on any atom is 0.238 e. The summed E-state index contributed by atoms with van der Waals surface area (Å²) in [5.41, 5.74) is 4.85. The predicted molar refractivity (Wildman–Crippen MR) is 143 cm³/mol. The van der Waals surface area contributed by atoms with Crippen LogP contribution in [0, 0.1) is 18.8 Å². The molecular weight excluding hydrogens is 442 g/mol. The van der Waals surface area contributed by atoms with Crippen LogP contribution < -0.4 is 14.9 Å². The topological polar surface area (TPSA) is 73.1 Å². The van der Waals surface area contributed by atoms with Gasteiger partial charge in [0.15, 0.2) is 0 Å². The highest BCUT2D eigenvalue weighted by atomic mass is 16.6. The fourth-order valence-electron chi connectivity index (χ4n) is 5.25. The van der Waals surface area contributed by atoms with Crippen LogP contribution in [0.5, 0.6) is 11.6 Å². The van der Waals surface area contributed by atoms with Crippen molar-refractivity contribution in [2.45, 2.75) is 86.0 Å². The summed E-state index contributed by atoms with van der Waals surface area (Å²) in [5, 5.41) is 0. The summed E-state index contributed by atoms with van der Waals surface area (Å²) in [5.74, 6) is 1.28. The van der Waals surface area contributed by atoms with Crippen molar-refractivity contribution < 1.29 is 18.9 Å². The molecule has 35 heavy (non-hydrogen) atoms. The molecule has 0 saturated carbocycles. The van der Waals surface area contributed by atoms with Crippen LogP contribution in [0.1, 0.15) is 66.1 Å². The number of pyridine rings is 1. The Kier molecular flexibility index (Phi) is 9.99. The number of hydrogen-bond acceptors (Lipinski definition) is 5. The molecule has 6 heteroatoms. The summed E-state index contributed by atoms with van der Waals surface area (Å²) < 4.78 is 22.4. The molecular formula is C29H45NO5. The van der Waals surface area contributed by atoms with E-state index in [0.717, 1.165) is 12.1 Å². The van der Waals surface area contributed by atoms with E-state index in [1.807, 2.05) is 6.92 Å². The number of aromatic amines is 1. The molecule has 1 fully saturated rings. The molecule has 1 saturated heterocycles. The third kappa shape index (κ3) is 6.89. The minimum Gasteiger partial charge on any atom is -0.488 e. The second-order valence-corrected chi connectivity index (χ2v) is 10.4. The first-order valence-electron chi connectivity index (χ1n) is 12.4. The number of methoxy groups -OCH3 is 3. The largest absolute Gasteiger partial charge is 0.488 e. The van der Waals surface area contributed by atoms with E-state index in [2.05, 4.69) is 71.7 Å². The minimum atomic E-state index is -0.222. The molecule has 196 valence electrons. The Labute approximate surface area is 211 Å². The molecule has 1 aromatic heterocycles. The Bertz CT molecular complexity index is 1030. The molecule has 1 N–H and O–H groups in total. The number of rotatable bonds is 12. The number of allylic oxidation sites excluding steroid dienone is 5. The molecule has 2 rings (SSSR count). The van der Waals surface area contributed by atoms with Crippen molar-refractivity contribution in [3.05, 3.63) is 56.4 Å². The number of ether oxygens (including phenoxy) is 4. The Morgan fingerprint density at radius 2 is 1.77 bits per heavy atom. The summed E-state index contributed by atoms with van der Waals surface area (Å²) in [6, 6.07) is 0. The summed E-state index contributed by atoms with van der Waals surface area (Å²) in [6.07, 6.45) is 8.42. The van der Waals surface area contributed by atoms with Crippen LogP contribution in [0.2, 0.25) is 0 Å². The van der Waals surface area contributed by atoms with Crippen molar-refractivity contribution in [2.24, 2.45) is 11.8 Å². The van der Waals surface area contributed by atoms with Crippen molar-refractivity contribution >= 4 is 0 Å². The lowest BCUT2D eigenvalue weighted by molar-refractivity contribution is 0.0131. The van der Waals surface area contributed by atoms with Crippen molar-refractivity contribution in [2.75, 3.05) is 21.3 Å². The van der Waals surface area contributed by atoms with Gasteiger partial charge < -0.3 is 23.9 Å². The third-order valence-corrected chi connectivity index (χ3v) is 6.88. The summed E-state index contributed by atoms with van der Waals surface area (Å²) in [6.45, 7) is 17.0. The van der Waals surface area contributed by atoms with E-state index in [9.17, 15) is 4.79 Å². The highest BCUT2D eigenvalue weighted by Crippen LogP contribution is 2.47. The van der Waals surface area contributed by atoms with E-state index < -0.39 is 0 Å². The Hall–Kier alpha value is -2.31. The van der Waals surface area contributed by atoms with Gasteiger partial charge in [-0.05, 0) is 47.0 Å². The summed E-state index contributed by atoms with van der Waals surface area (Å²) in [7, 11) is 4.77. The first kappa shape index (κ1) is 28.9. The van der Waals surface area contributed by atoms with Gasteiger partial charge in [-0.25, -0.2) is 0 Å². The second kappa shape index (κ2) is 12.1. The van der Waals surface area contributed by atoms with Crippen LogP contribution in [-0.2, 0) is 15.9 Å². The van der Waals surface area contributed by atoms with Crippen LogP contribution in [0.4, 0.5) is 0 Å². The van der Waals surface area contributed by atoms with Gasteiger partial charge in [0, 0.05) is 30.7 Å². The number of hydrogen-bond donors (Lipinski definition) is 1. The lowest BCUT2D eigenvalue weighted by Crippen LogP contribution is -2.37. The minimum absolute atomic E-state index is 0.0204. The average molecular weight is 488 g/mol. The van der Waals surface area contributed by atoms with E-state index in [0.29, 0.717) is 23.8 Å². The SMILES string of the molecule is COc1[nH]c(C/C=C(\C)C/C(C)=C/C(C)=C/[C@@H](C)[C@@H](OC)C2(C)OC2C(C)C)c(C)c(=O)c1OC. The van der Waals surface area contributed by atoms with E-state index in [1.54, 1.807) is 7.11 Å². The maximum absolute atomic E-state index is 12.5. The number of aromatic nitrogens is 1. The molecule has 0 bridgehead atoms. The van der Waals surface area contributed by atoms with Gasteiger partial charge in [-0.2, -0.15) is 0 Å². The zero-order valence-corrected chi connectivity index (χ0v) is 23.5. The molecule has 2 unspecified atom stereocenters. The highest BCUT2D eigenvalue weighted by Gasteiger charge is 2.60. The molecule has 6 nitrogen and oxygen atoms in total. The first-order chi connectivity index (χ1) is 16.4. The predicted octanol–water partition coefficient (Wildman–Crippen LogP) is 5.94. The van der Waals surface area contributed by atoms with Crippen LogP contribution in [0.3, 0.4) is 0 Å². The third-order valence-electron chi connectivity index (χ3n) is 6.88. The van der Waals surface area contributed by atoms with Gasteiger partial charge in [0.25, 0.3) is 0 Å². The van der Waals surface area contributed by atoms with Gasteiger partial charge in [-0.1, -0.05) is 55.7 Å². The molecule has 4 atom stereocenters. The van der Waals surface area contributed by atoms with E-state index in [-0.39, 0.29) is 34.9 Å². The van der Waals surface area contributed by atoms with Gasteiger partial charge >= 0.3 is 0 Å². The van der Waals surface area contributed by atoms with E-state index in [4.69, 9.17) is 18.9 Å². The molecule has 0 aromatic carbocycles. The molecule has 1 aromatic rings. The second-order valence-electron chi connectivity index (χ2n) is 10.4. The summed E-state index contributed by atoms with van der Waals surface area (Å²) >= 11 is 0. The van der Waals surface area contributed by atoms with E-state index >= 15 is 0 Å². The molecule has 0 spiro atoms. The van der Waals surface area contributed by atoms with Gasteiger partial charge in [0.1, 0.15) is 5.60 Å². The van der Waals surface area contributed by atoms with Crippen LogP contribution in [0.15, 0.2) is 39.7 Å². The van der Waals surface area contributed by atoms with Gasteiger partial charge in [0.05, 0.1) is 26.4 Å². The lowest BCUT2D eigenvalue weighted by atomic mass is 9.86. The first-order valence-corrected chi connectivity index (χ1v) is 12.4. The Balaban J connectivity index is 2.08. The number of H-pyrrole nitrogens is 1. The molecule has 0 aliphatic carbocycles. The molecule has 1 aliphatic rings. The summed E-state index contributed by atoms with van der Waals surface area (Å²) in [4.78, 5) is 15.7. The fraction of sp³-hybridized carbons (Fsp3) is 0.621. The Morgan fingerprint density at radius 1 is 1.11 bits per heavy atom. The van der Waals surface area contributed by atoms with Crippen molar-refractivity contribution in [1.82, 2.24) is 4.98 Å². The van der Waals surface area contributed by atoms with E-state index in [1.165, 1.54) is 30.9 Å². The molecule has 2 heterocycles. The quantitative estimate of drug-likeness (QED) is 0.224. The van der Waals surface area contributed by atoms with Crippen molar-refractivity contribution in [3.63, 3.8) is 0 Å². The van der Waals surface area contributed by atoms with Crippen LogP contribution in [0.25, 0.3) is 0 Å². The van der Waals surface area contributed by atoms with Crippen molar-refractivity contribution in [3.8, 4) is 11.6 Å². The Morgan fingerprint density at radius 3 is 2.29 bits per heavy atom. The van der Waals surface area contributed by atoms with Gasteiger partial charge in [0.2, 0.25) is 17.1 Å².